The Morgan fingerprint density at radius 2 is 1.52 bits per heavy atom. The molecule has 0 spiro atoms. The van der Waals surface area contributed by atoms with Crippen molar-refractivity contribution in [1.82, 2.24) is 4.90 Å². The first-order chi connectivity index (χ1) is 9.90. The van der Waals surface area contributed by atoms with Crippen molar-refractivity contribution in [3.8, 4) is 0 Å². The van der Waals surface area contributed by atoms with Crippen LogP contribution >= 0.6 is 0 Å². The number of hydrogen-bond donors (Lipinski definition) is 1. The summed E-state index contributed by atoms with van der Waals surface area (Å²) in [5, 5.41) is 0. The highest BCUT2D eigenvalue weighted by Gasteiger charge is 2.41. The van der Waals surface area contributed by atoms with Crippen molar-refractivity contribution in [3.63, 3.8) is 0 Å². The van der Waals surface area contributed by atoms with Crippen molar-refractivity contribution in [2.75, 3.05) is 19.6 Å². The number of alkyl halides is 3. The van der Waals surface area contributed by atoms with Crippen molar-refractivity contribution in [3.05, 3.63) is 0 Å². The van der Waals surface area contributed by atoms with E-state index in [-0.39, 0.29) is 31.8 Å². The zero-order valence-electron chi connectivity index (χ0n) is 12.4. The molecule has 1 aliphatic heterocycles. The van der Waals surface area contributed by atoms with Gasteiger partial charge >= 0.3 is 6.18 Å². The van der Waals surface area contributed by atoms with Gasteiger partial charge in [-0.1, -0.05) is 0 Å². The summed E-state index contributed by atoms with van der Waals surface area (Å²) in [4.78, 5) is 13.8. The number of carbonyl (C=O) groups excluding carboxylic acids is 1. The van der Waals surface area contributed by atoms with Crippen LogP contribution in [0.1, 0.15) is 44.9 Å². The van der Waals surface area contributed by atoms with Gasteiger partial charge in [-0.3, -0.25) is 4.79 Å². The van der Waals surface area contributed by atoms with E-state index in [4.69, 9.17) is 5.73 Å². The van der Waals surface area contributed by atoms with Gasteiger partial charge in [-0.15, -0.1) is 0 Å². The number of amides is 1. The summed E-state index contributed by atoms with van der Waals surface area (Å²) >= 11 is 0. The van der Waals surface area contributed by atoms with Crippen LogP contribution in [0.5, 0.6) is 0 Å². The van der Waals surface area contributed by atoms with E-state index in [1.165, 1.54) is 0 Å². The lowest BCUT2D eigenvalue weighted by molar-refractivity contribution is -0.186. The highest BCUT2D eigenvalue weighted by Crippen LogP contribution is 2.35. The van der Waals surface area contributed by atoms with Gasteiger partial charge in [0, 0.05) is 19.5 Å². The van der Waals surface area contributed by atoms with Crippen LogP contribution in [-0.2, 0) is 4.79 Å². The number of nitrogens with zero attached hydrogens (tertiary/aromatic N) is 1. The Hall–Kier alpha value is -0.780. The molecule has 2 fully saturated rings. The predicted octanol–water partition coefficient (Wildman–Crippen LogP) is 2.94. The normalized spacial score (nSPS) is 28.7. The number of nitrogens with two attached hydrogens (primary N) is 1. The highest BCUT2D eigenvalue weighted by atomic mass is 19.4. The van der Waals surface area contributed by atoms with Crippen LogP contribution in [0.15, 0.2) is 0 Å². The molecule has 0 atom stereocenters. The van der Waals surface area contributed by atoms with Gasteiger partial charge in [-0.2, -0.15) is 13.2 Å². The van der Waals surface area contributed by atoms with Gasteiger partial charge in [0.2, 0.25) is 5.91 Å². The molecule has 0 aromatic heterocycles. The Labute approximate surface area is 124 Å². The van der Waals surface area contributed by atoms with Crippen molar-refractivity contribution in [2.45, 2.75) is 51.1 Å². The number of halogens is 3. The molecular formula is C15H25F3N2O. The first kappa shape index (κ1) is 16.6. The second-order valence-electron chi connectivity index (χ2n) is 6.52. The topological polar surface area (TPSA) is 46.3 Å². The molecule has 1 heterocycles. The van der Waals surface area contributed by atoms with Crippen molar-refractivity contribution < 1.29 is 18.0 Å². The van der Waals surface area contributed by atoms with E-state index >= 15 is 0 Å². The molecule has 0 radical (unpaired) electrons. The summed E-state index contributed by atoms with van der Waals surface area (Å²) in [7, 11) is 0. The van der Waals surface area contributed by atoms with Crippen molar-refractivity contribution in [1.29, 1.82) is 0 Å². The van der Waals surface area contributed by atoms with Crippen LogP contribution in [0.4, 0.5) is 13.2 Å². The summed E-state index contributed by atoms with van der Waals surface area (Å²) in [6, 6.07) is 0. The Bertz CT molecular complexity index is 343. The summed E-state index contributed by atoms with van der Waals surface area (Å²) in [5.41, 5.74) is 5.65. The summed E-state index contributed by atoms with van der Waals surface area (Å²) in [5.74, 6) is -0.229. The van der Waals surface area contributed by atoms with E-state index in [1.807, 2.05) is 0 Å². The van der Waals surface area contributed by atoms with E-state index in [0.29, 0.717) is 24.8 Å². The van der Waals surface area contributed by atoms with Crippen LogP contribution in [0, 0.1) is 17.8 Å². The average Bonchev–Trinajstić information content (AvgIpc) is 2.47. The Morgan fingerprint density at radius 3 is 2.00 bits per heavy atom. The molecule has 1 saturated heterocycles. The van der Waals surface area contributed by atoms with Gasteiger partial charge in [-0.05, 0) is 56.9 Å². The Kier molecular flexibility index (Phi) is 5.52. The molecular weight excluding hydrogens is 281 g/mol. The summed E-state index contributed by atoms with van der Waals surface area (Å²) in [6.07, 6.45) is 0.669. The van der Waals surface area contributed by atoms with Crippen LogP contribution < -0.4 is 5.73 Å². The fourth-order valence-electron chi connectivity index (χ4n) is 3.50. The predicted molar refractivity (Wildman–Crippen MR) is 74.5 cm³/mol. The smallest absolute Gasteiger partial charge is 0.343 e. The lowest BCUT2D eigenvalue weighted by Crippen LogP contribution is -2.42. The zero-order valence-corrected chi connectivity index (χ0v) is 12.4. The molecule has 1 saturated carbocycles. The molecule has 122 valence electrons. The fourth-order valence-corrected chi connectivity index (χ4v) is 3.50. The third-order valence-corrected chi connectivity index (χ3v) is 5.07. The molecule has 0 bridgehead atoms. The second-order valence-corrected chi connectivity index (χ2v) is 6.52. The fraction of sp³-hybridized carbons (Fsp3) is 0.933. The van der Waals surface area contributed by atoms with Gasteiger partial charge < -0.3 is 10.6 Å². The van der Waals surface area contributed by atoms with E-state index in [2.05, 4.69) is 0 Å². The quantitative estimate of drug-likeness (QED) is 0.871. The Balaban J connectivity index is 1.73. The van der Waals surface area contributed by atoms with Crippen LogP contribution in [0.3, 0.4) is 0 Å². The van der Waals surface area contributed by atoms with Crippen molar-refractivity contribution in [2.24, 2.45) is 23.5 Å². The molecule has 2 rings (SSSR count). The van der Waals surface area contributed by atoms with Crippen molar-refractivity contribution >= 4 is 5.91 Å². The monoisotopic (exact) mass is 306 g/mol. The SMILES string of the molecule is NCC1CCC(CC(=O)N2CCC(C(F)(F)F)CC2)CC1. The largest absolute Gasteiger partial charge is 0.391 e. The average molecular weight is 306 g/mol. The lowest BCUT2D eigenvalue weighted by atomic mass is 9.80. The molecule has 3 nitrogen and oxygen atoms in total. The minimum absolute atomic E-state index is 0.0341. The standard InChI is InChI=1S/C15H25F3N2O/c16-15(17,18)13-5-7-20(8-6-13)14(21)9-11-1-3-12(10-19)4-2-11/h11-13H,1-10,19H2. The molecule has 0 aromatic carbocycles. The lowest BCUT2D eigenvalue weighted by Gasteiger charge is -2.34. The molecule has 0 aromatic rings. The van der Waals surface area contributed by atoms with Gasteiger partial charge in [0.1, 0.15) is 0 Å². The van der Waals surface area contributed by atoms with E-state index in [1.54, 1.807) is 4.90 Å². The molecule has 1 amide bonds. The maximum Gasteiger partial charge on any atom is 0.391 e. The maximum absolute atomic E-state index is 12.6. The third kappa shape index (κ3) is 4.59. The van der Waals surface area contributed by atoms with Gasteiger partial charge in [-0.25, -0.2) is 0 Å². The molecule has 2 aliphatic rings. The number of rotatable bonds is 3. The molecule has 6 heteroatoms. The van der Waals surface area contributed by atoms with E-state index in [9.17, 15) is 18.0 Å². The highest BCUT2D eigenvalue weighted by molar-refractivity contribution is 5.76. The molecule has 2 N–H and O–H groups in total. The van der Waals surface area contributed by atoms with Crippen LogP contribution in [-0.4, -0.2) is 36.6 Å². The molecule has 21 heavy (non-hydrogen) atoms. The molecule has 1 aliphatic carbocycles. The van der Waals surface area contributed by atoms with Gasteiger partial charge in [0.15, 0.2) is 0 Å². The number of likely N-dealkylation sites (tertiary alicyclic amines) is 1. The molecule has 0 unspecified atom stereocenters. The summed E-state index contributed by atoms with van der Waals surface area (Å²) < 4.78 is 37.8. The third-order valence-electron chi connectivity index (χ3n) is 5.07. The van der Waals surface area contributed by atoms with Gasteiger partial charge in [0.05, 0.1) is 5.92 Å². The first-order valence-electron chi connectivity index (χ1n) is 7.94. The number of carbonyl (C=O) groups is 1. The van der Waals surface area contributed by atoms with Crippen LogP contribution in [0.2, 0.25) is 0 Å². The number of piperidine rings is 1. The Morgan fingerprint density at radius 1 is 1.00 bits per heavy atom. The maximum atomic E-state index is 12.6. The van der Waals surface area contributed by atoms with Crippen LogP contribution in [0.25, 0.3) is 0 Å². The first-order valence-corrected chi connectivity index (χ1v) is 7.94. The summed E-state index contributed by atoms with van der Waals surface area (Å²) in [6.45, 7) is 1.22. The zero-order chi connectivity index (χ0) is 15.5. The van der Waals surface area contributed by atoms with E-state index < -0.39 is 12.1 Å². The minimum atomic E-state index is -4.12. The van der Waals surface area contributed by atoms with Gasteiger partial charge in [0.25, 0.3) is 0 Å². The number of hydrogen-bond acceptors (Lipinski definition) is 2. The second kappa shape index (κ2) is 6.99. The van der Waals surface area contributed by atoms with E-state index in [0.717, 1.165) is 25.7 Å². The minimum Gasteiger partial charge on any atom is -0.343 e.